The Kier molecular flexibility index (Phi) is 2.37. The molecule has 0 bridgehead atoms. The molecule has 2 nitrogen and oxygen atoms in total. The Morgan fingerprint density at radius 2 is 2.13 bits per heavy atom. The zero-order valence-electron chi connectivity index (χ0n) is 8.91. The van der Waals surface area contributed by atoms with E-state index >= 15 is 0 Å². The molecule has 1 atom stereocenters. The van der Waals surface area contributed by atoms with Crippen molar-refractivity contribution in [3.63, 3.8) is 0 Å². The lowest BCUT2D eigenvalue weighted by molar-refractivity contribution is 0.302. The van der Waals surface area contributed by atoms with Gasteiger partial charge in [0.05, 0.1) is 6.10 Å². The summed E-state index contributed by atoms with van der Waals surface area (Å²) in [5, 5.41) is 3.51. The maximum absolute atomic E-state index is 5.80. The molecule has 15 heavy (non-hydrogen) atoms. The van der Waals surface area contributed by atoms with Crippen LogP contribution < -0.4 is 10.1 Å². The number of ether oxygens (including phenoxy) is 1. The molecule has 3 rings (SSSR count). The van der Waals surface area contributed by atoms with Crippen LogP contribution in [0.4, 0.5) is 0 Å². The SMILES string of the molecule is c1cc(OC2CC2)cc(C2CCCN2)c1. The van der Waals surface area contributed by atoms with Gasteiger partial charge in [-0.1, -0.05) is 12.1 Å². The zero-order chi connectivity index (χ0) is 10.1. The average molecular weight is 203 g/mol. The van der Waals surface area contributed by atoms with Crippen LogP contribution >= 0.6 is 0 Å². The third-order valence-electron chi connectivity index (χ3n) is 3.15. The average Bonchev–Trinajstić information content (AvgIpc) is 2.91. The molecule has 1 saturated heterocycles. The minimum atomic E-state index is 0.497. The molecule has 2 heteroatoms. The quantitative estimate of drug-likeness (QED) is 0.815. The molecule has 1 unspecified atom stereocenters. The van der Waals surface area contributed by atoms with Gasteiger partial charge in [0, 0.05) is 6.04 Å². The van der Waals surface area contributed by atoms with Crippen molar-refractivity contribution in [2.24, 2.45) is 0 Å². The van der Waals surface area contributed by atoms with Crippen molar-refractivity contribution in [2.45, 2.75) is 37.8 Å². The van der Waals surface area contributed by atoms with E-state index in [2.05, 4.69) is 29.6 Å². The maximum Gasteiger partial charge on any atom is 0.120 e. The molecule has 0 spiro atoms. The predicted molar refractivity (Wildman–Crippen MR) is 60.1 cm³/mol. The van der Waals surface area contributed by atoms with E-state index in [1.54, 1.807) is 0 Å². The fourth-order valence-electron chi connectivity index (χ4n) is 2.15. The van der Waals surface area contributed by atoms with E-state index in [0.29, 0.717) is 12.1 Å². The molecule has 0 aromatic heterocycles. The van der Waals surface area contributed by atoms with Gasteiger partial charge >= 0.3 is 0 Å². The summed E-state index contributed by atoms with van der Waals surface area (Å²) in [6.45, 7) is 1.15. The first-order chi connectivity index (χ1) is 7.42. The maximum atomic E-state index is 5.80. The lowest BCUT2D eigenvalue weighted by Crippen LogP contribution is -2.12. The van der Waals surface area contributed by atoms with Gasteiger partial charge in [0.1, 0.15) is 5.75 Å². The second-order valence-electron chi connectivity index (χ2n) is 4.54. The van der Waals surface area contributed by atoms with Crippen LogP contribution in [-0.4, -0.2) is 12.6 Å². The number of benzene rings is 1. The van der Waals surface area contributed by atoms with Crippen molar-refractivity contribution in [1.82, 2.24) is 5.32 Å². The summed E-state index contributed by atoms with van der Waals surface area (Å²) in [5.41, 5.74) is 1.38. The van der Waals surface area contributed by atoms with Crippen LogP contribution in [0.3, 0.4) is 0 Å². The van der Waals surface area contributed by atoms with Crippen LogP contribution in [0, 0.1) is 0 Å². The summed E-state index contributed by atoms with van der Waals surface area (Å²) >= 11 is 0. The number of rotatable bonds is 3. The van der Waals surface area contributed by atoms with Gasteiger partial charge in [0.2, 0.25) is 0 Å². The molecule has 1 saturated carbocycles. The van der Waals surface area contributed by atoms with Gasteiger partial charge in [0.15, 0.2) is 0 Å². The van der Waals surface area contributed by atoms with Gasteiger partial charge < -0.3 is 10.1 Å². The largest absolute Gasteiger partial charge is 0.490 e. The fourth-order valence-corrected chi connectivity index (χ4v) is 2.15. The molecule has 1 aliphatic heterocycles. The van der Waals surface area contributed by atoms with E-state index in [-0.39, 0.29) is 0 Å². The van der Waals surface area contributed by atoms with Crippen LogP contribution in [0.15, 0.2) is 24.3 Å². The van der Waals surface area contributed by atoms with E-state index in [1.807, 2.05) is 0 Å². The van der Waals surface area contributed by atoms with Crippen molar-refractivity contribution >= 4 is 0 Å². The highest BCUT2D eigenvalue weighted by molar-refractivity contribution is 5.31. The molecule has 2 aliphatic rings. The standard InChI is InChI=1S/C13H17NO/c1-3-10(13-5-2-8-14-13)9-12(4-1)15-11-6-7-11/h1,3-4,9,11,13-14H,2,5-8H2. The van der Waals surface area contributed by atoms with Crippen molar-refractivity contribution in [1.29, 1.82) is 0 Å². The second-order valence-corrected chi connectivity index (χ2v) is 4.54. The van der Waals surface area contributed by atoms with Crippen molar-refractivity contribution in [3.05, 3.63) is 29.8 Å². The summed E-state index contributed by atoms with van der Waals surface area (Å²) in [4.78, 5) is 0. The number of nitrogens with one attached hydrogen (secondary N) is 1. The van der Waals surface area contributed by atoms with Gasteiger partial charge in [-0.2, -0.15) is 0 Å². The first-order valence-corrected chi connectivity index (χ1v) is 5.92. The fraction of sp³-hybridized carbons (Fsp3) is 0.538. The van der Waals surface area contributed by atoms with Crippen molar-refractivity contribution in [2.75, 3.05) is 6.54 Å². The molecule has 1 heterocycles. The molecule has 80 valence electrons. The Morgan fingerprint density at radius 3 is 2.87 bits per heavy atom. The third-order valence-corrected chi connectivity index (χ3v) is 3.15. The highest BCUT2D eigenvalue weighted by Crippen LogP contribution is 2.30. The summed E-state index contributed by atoms with van der Waals surface area (Å²) < 4.78 is 5.80. The summed E-state index contributed by atoms with van der Waals surface area (Å²) in [6.07, 6.45) is 5.50. The lowest BCUT2D eigenvalue weighted by atomic mass is 10.1. The molecule has 1 aliphatic carbocycles. The Morgan fingerprint density at radius 1 is 1.20 bits per heavy atom. The number of hydrogen-bond donors (Lipinski definition) is 1. The van der Waals surface area contributed by atoms with Gasteiger partial charge in [0.25, 0.3) is 0 Å². The molecule has 0 amide bonds. The van der Waals surface area contributed by atoms with Crippen LogP contribution in [0.25, 0.3) is 0 Å². The zero-order valence-corrected chi connectivity index (χ0v) is 8.91. The Labute approximate surface area is 90.6 Å². The van der Waals surface area contributed by atoms with Crippen molar-refractivity contribution < 1.29 is 4.74 Å². The highest BCUT2D eigenvalue weighted by atomic mass is 16.5. The predicted octanol–water partition coefficient (Wildman–Crippen LogP) is 2.65. The minimum absolute atomic E-state index is 0.497. The van der Waals surface area contributed by atoms with Gasteiger partial charge in [-0.05, 0) is 49.9 Å². The van der Waals surface area contributed by atoms with Crippen LogP contribution in [-0.2, 0) is 0 Å². The Bertz CT molecular complexity index is 340. The van der Waals surface area contributed by atoms with E-state index in [1.165, 1.54) is 31.2 Å². The monoisotopic (exact) mass is 203 g/mol. The van der Waals surface area contributed by atoms with Crippen molar-refractivity contribution in [3.8, 4) is 5.75 Å². The Hall–Kier alpha value is -1.02. The van der Waals surface area contributed by atoms with Gasteiger partial charge in [-0.3, -0.25) is 0 Å². The summed E-state index contributed by atoms with van der Waals surface area (Å²) in [5.74, 6) is 1.05. The number of hydrogen-bond acceptors (Lipinski definition) is 2. The van der Waals surface area contributed by atoms with E-state index in [4.69, 9.17) is 4.74 Å². The summed E-state index contributed by atoms with van der Waals surface area (Å²) in [6, 6.07) is 9.11. The van der Waals surface area contributed by atoms with Crippen LogP contribution in [0.2, 0.25) is 0 Å². The van der Waals surface area contributed by atoms with Crippen LogP contribution in [0.1, 0.15) is 37.3 Å². The lowest BCUT2D eigenvalue weighted by Gasteiger charge is -2.12. The normalized spacial score (nSPS) is 25.5. The van der Waals surface area contributed by atoms with E-state index < -0.39 is 0 Å². The first-order valence-electron chi connectivity index (χ1n) is 5.92. The smallest absolute Gasteiger partial charge is 0.120 e. The highest BCUT2D eigenvalue weighted by Gasteiger charge is 2.24. The van der Waals surface area contributed by atoms with E-state index in [0.717, 1.165) is 12.3 Å². The topological polar surface area (TPSA) is 21.3 Å². The summed E-state index contributed by atoms with van der Waals surface area (Å²) in [7, 11) is 0. The molecular formula is C13H17NO. The molecule has 1 aromatic rings. The molecule has 2 fully saturated rings. The molecule has 0 radical (unpaired) electrons. The first kappa shape index (κ1) is 9.22. The molecular weight excluding hydrogens is 186 g/mol. The molecule has 1 aromatic carbocycles. The van der Waals surface area contributed by atoms with Gasteiger partial charge in [-0.15, -0.1) is 0 Å². The van der Waals surface area contributed by atoms with Crippen LogP contribution in [0.5, 0.6) is 5.75 Å². The Balaban J connectivity index is 1.75. The minimum Gasteiger partial charge on any atom is -0.490 e. The third kappa shape index (κ3) is 2.15. The van der Waals surface area contributed by atoms with E-state index in [9.17, 15) is 0 Å². The molecule has 1 N–H and O–H groups in total. The van der Waals surface area contributed by atoms with Gasteiger partial charge in [-0.25, -0.2) is 0 Å². The second kappa shape index (κ2) is 3.86.